The van der Waals surface area contributed by atoms with Crippen molar-refractivity contribution in [2.75, 3.05) is 4.90 Å². The van der Waals surface area contributed by atoms with Crippen molar-refractivity contribution < 1.29 is 0 Å². The van der Waals surface area contributed by atoms with Gasteiger partial charge in [-0.1, -0.05) is 72.8 Å². The molecule has 192 valence electrons. The second-order valence-electron chi connectivity index (χ2n) is 9.49. The highest BCUT2D eigenvalue weighted by Gasteiger charge is 2.16. The molecule has 0 unspecified atom stereocenters. The zero-order chi connectivity index (χ0) is 26.7. The Morgan fingerprint density at radius 2 is 0.850 bits per heavy atom. The Bertz CT molecular complexity index is 1710. The summed E-state index contributed by atoms with van der Waals surface area (Å²) in [6, 6.07) is 51.9. The summed E-state index contributed by atoms with van der Waals surface area (Å²) in [4.78, 5) is 4.82. The van der Waals surface area contributed by atoms with Crippen LogP contribution in [-0.2, 0) is 0 Å². The summed E-state index contributed by atoms with van der Waals surface area (Å²) >= 11 is 3.55. The van der Waals surface area contributed by atoms with Crippen LogP contribution in [0.2, 0.25) is 0 Å². The fourth-order valence-corrected chi connectivity index (χ4v) is 6.64. The van der Waals surface area contributed by atoms with Gasteiger partial charge in [0.15, 0.2) is 0 Å². The first kappa shape index (κ1) is 24.4. The number of aromatic nitrogens is 1. The minimum Gasteiger partial charge on any atom is -0.311 e. The molecular formula is C36H26N2S2. The standard InChI is InChI=1S/C36H26N2S2/c1-3-9-29(10-4-1)37(30-11-5-2-6-12-30)31-19-15-27(16-20-31)28-17-21-32(22-18-28)38-33(35-13-7-25-39-35)23-24-34(38)36-14-8-26-40-36/h1-26H. The lowest BCUT2D eigenvalue weighted by molar-refractivity contribution is 1.10. The van der Waals surface area contributed by atoms with Crippen molar-refractivity contribution in [1.82, 2.24) is 4.57 Å². The van der Waals surface area contributed by atoms with Gasteiger partial charge in [0.05, 0.1) is 21.1 Å². The van der Waals surface area contributed by atoms with Crippen LogP contribution < -0.4 is 4.90 Å². The van der Waals surface area contributed by atoms with Gasteiger partial charge < -0.3 is 9.47 Å². The van der Waals surface area contributed by atoms with Crippen LogP contribution in [0.3, 0.4) is 0 Å². The van der Waals surface area contributed by atoms with Gasteiger partial charge in [-0.3, -0.25) is 0 Å². The molecule has 0 bridgehead atoms. The van der Waals surface area contributed by atoms with Crippen LogP contribution in [0.1, 0.15) is 0 Å². The predicted molar refractivity (Wildman–Crippen MR) is 173 cm³/mol. The van der Waals surface area contributed by atoms with E-state index in [4.69, 9.17) is 0 Å². The predicted octanol–water partition coefficient (Wildman–Crippen LogP) is 11.1. The third-order valence-corrected chi connectivity index (χ3v) is 8.83. The molecule has 0 saturated heterocycles. The number of thiophene rings is 2. The lowest BCUT2D eigenvalue weighted by atomic mass is 10.0. The molecule has 0 radical (unpaired) electrons. The molecular weight excluding hydrogens is 525 g/mol. The third-order valence-electron chi connectivity index (χ3n) is 7.04. The van der Waals surface area contributed by atoms with E-state index >= 15 is 0 Å². The molecule has 2 nitrogen and oxygen atoms in total. The lowest BCUT2D eigenvalue weighted by Gasteiger charge is -2.25. The number of hydrogen-bond donors (Lipinski definition) is 0. The van der Waals surface area contributed by atoms with Gasteiger partial charge in [0.1, 0.15) is 0 Å². The van der Waals surface area contributed by atoms with Crippen LogP contribution in [0, 0.1) is 0 Å². The summed E-state index contributed by atoms with van der Waals surface area (Å²) in [7, 11) is 0. The van der Waals surface area contributed by atoms with Crippen LogP contribution in [0.15, 0.2) is 156 Å². The van der Waals surface area contributed by atoms with Gasteiger partial charge in [0.25, 0.3) is 0 Å². The fraction of sp³-hybridized carbons (Fsp3) is 0. The quantitative estimate of drug-likeness (QED) is 0.192. The average Bonchev–Trinajstić information content (AvgIpc) is 3.81. The van der Waals surface area contributed by atoms with Crippen LogP contribution >= 0.6 is 22.7 Å². The molecule has 0 fully saturated rings. The molecule has 0 spiro atoms. The van der Waals surface area contributed by atoms with Crippen molar-refractivity contribution in [3.8, 4) is 38.0 Å². The van der Waals surface area contributed by atoms with Crippen LogP contribution in [-0.4, -0.2) is 4.57 Å². The van der Waals surface area contributed by atoms with E-state index in [0.717, 1.165) is 22.7 Å². The van der Waals surface area contributed by atoms with Crippen molar-refractivity contribution in [2.24, 2.45) is 0 Å². The molecule has 4 heteroatoms. The summed E-state index contributed by atoms with van der Waals surface area (Å²) in [6.45, 7) is 0. The smallest absolute Gasteiger partial charge is 0.0635 e. The Balaban J connectivity index is 1.22. The topological polar surface area (TPSA) is 8.17 Å². The van der Waals surface area contributed by atoms with Gasteiger partial charge in [-0.15, -0.1) is 22.7 Å². The van der Waals surface area contributed by atoms with Crippen LogP contribution in [0.5, 0.6) is 0 Å². The van der Waals surface area contributed by atoms with Crippen molar-refractivity contribution in [3.05, 3.63) is 156 Å². The molecule has 0 aliphatic heterocycles. The molecule has 0 aliphatic rings. The zero-order valence-corrected chi connectivity index (χ0v) is 23.4. The Kier molecular flexibility index (Phi) is 6.62. The SMILES string of the molecule is c1ccc(N(c2ccccc2)c2ccc(-c3ccc(-n4c(-c5cccs5)ccc4-c4cccs4)cc3)cc2)cc1. The van der Waals surface area contributed by atoms with Crippen LogP contribution in [0.25, 0.3) is 38.0 Å². The summed E-state index contributed by atoms with van der Waals surface area (Å²) in [5.41, 5.74) is 9.41. The molecule has 3 heterocycles. The zero-order valence-electron chi connectivity index (χ0n) is 21.7. The molecule has 0 atom stereocenters. The van der Waals surface area contributed by atoms with Crippen molar-refractivity contribution in [1.29, 1.82) is 0 Å². The minimum atomic E-state index is 1.13. The van der Waals surface area contributed by atoms with E-state index in [1.54, 1.807) is 22.7 Å². The van der Waals surface area contributed by atoms with E-state index < -0.39 is 0 Å². The number of hydrogen-bond acceptors (Lipinski definition) is 3. The first-order valence-electron chi connectivity index (χ1n) is 13.3. The first-order valence-corrected chi connectivity index (χ1v) is 15.0. The molecule has 0 N–H and O–H groups in total. The molecule has 3 aromatic heterocycles. The van der Waals surface area contributed by atoms with Crippen molar-refractivity contribution in [2.45, 2.75) is 0 Å². The highest BCUT2D eigenvalue weighted by atomic mass is 32.1. The molecule has 7 aromatic rings. The highest BCUT2D eigenvalue weighted by Crippen LogP contribution is 2.38. The van der Waals surface area contributed by atoms with Gasteiger partial charge in [0, 0.05) is 22.7 Å². The van der Waals surface area contributed by atoms with Crippen LogP contribution in [0.4, 0.5) is 17.1 Å². The second kappa shape index (κ2) is 10.9. The number of nitrogens with zero attached hydrogens (tertiary/aromatic N) is 2. The Labute approximate surface area is 242 Å². The van der Waals surface area contributed by atoms with E-state index in [-0.39, 0.29) is 0 Å². The van der Waals surface area contributed by atoms with Gasteiger partial charge in [-0.25, -0.2) is 0 Å². The fourth-order valence-electron chi connectivity index (χ4n) is 5.16. The van der Waals surface area contributed by atoms with Gasteiger partial charge in [-0.2, -0.15) is 0 Å². The highest BCUT2D eigenvalue weighted by molar-refractivity contribution is 7.14. The minimum absolute atomic E-state index is 1.13. The molecule has 7 rings (SSSR count). The maximum absolute atomic E-state index is 2.38. The summed E-state index contributed by atoms with van der Waals surface area (Å²) in [5.74, 6) is 0. The monoisotopic (exact) mass is 550 g/mol. The van der Waals surface area contributed by atoms with E-state index in [2.05, 4.69) is 166 Å². The molecule has 0 aliphatic carbocycles. The largest absolute Gasteiger partial charge is 0.311 e. The van der Waals surface area contributed by atoms with E-state index in [9.17, 15) is 0 Å². The van der Waals surface area contributed by atoms with E-state index in [1.165, 1.54) is 32.3 Å². The second-order valence-corrected chi connectivity index (χ2v) is 11.4. The maximum atomic E-state index is 2.38. The van der Waals surface area contributed by atoms with Gasteiger partial charge in [-0.05, 0) is 94.7 Å². The molecule has 40 heavy (non-hydrogen) atoms. The summed E-state index contributed by atoms with van der Waals surface area (Å²) in [5, 5.41) is 4.28. The number of rotatable bonds is 7. The average molecular weight is 551 g/mol. The number of benzene rings is 4. The Morgan fingerprint density at radius 3 is 1.30 bits per heavy atom. The first-order chi connectivity index (χ1) is 19.8. The van der Waals surface area contributed by atoms with E-state index in [0.29, 0.717) is 0 Å². The van der Waals surface area contributed by atoms with Gasteiger partial charge >= 0.3 is 0 Å². The van der Waals surface area contributed by atoms with Crippen molar-refractivity contribution in [3.63, 3.8) is 0 Å². The maximum Gasteiger partial charge on any atom is 0.0635 e. The molecule has 0 saturated carbocycles. The van der Waals surface area contributed by atoms with E-state index in [1.807, 2.05) is 0 Å². The summed E-state index contributed by atoms with van der Waals surface area (Å²) in [6.07, 6.45) is 0. The molecule has 4 aromatic carbocycles. The van der Waals surface area contributed by atoms with Gasteiger partial charge in [0.2, 0.25) is 0 Å². The summed E-state index contributed by atoms with van der Waals surface area (Å²) < 4.78 is 2.38. The Hall–Kier alpha value is -4.64. The third kappa shape index (κ3) is 4.68. The van der Waals surface area contributed by atoms with Crippen molar-refractivity contribution >= 4 is 39.7 Å². The lowest BCUT2D eigenvalue weighted by Crippen LogP contribution is -2.09. The molecule has 0 amide bonds. The number of anilines is 3. The normalized spacial score (nSPS) is 11.0. The number of para-hydroxylation sites is 2. The Morgan fingerprint density at radius 1 is 0.400 bits per heavy atom.